The van der Waals surface area contributed by atoms with Crippen molar-refractivity contribution < 1.29 is 9.59 Å². The van der Waals surface area contributed by atoms with Crippen LogP contribution in [0.15, 0.2) is 18.3 Å². The fraction of sp³-hybridized carbons (Fsp3) is 0.400. The van der Waals surface area contributed by atoms with Crippen LogP contribution in [0, 0.1) is 19.3 Å². The van der Waals surface area contributed by atoms with Gasteiger partial charge in [0, 0.05) is 24.0 Å². The maximum absolute atomic E-state index is 12.7. The molecule has 1 atom stereocenters. The van der Waals surface area contributed by atoms with Crippen molar-refractivity contribution in [1.29, 1.82) is 0 Å². The summed E-state index contributed by atoms with van der Waals surface area (Å²) >= 11 is 0. The molecular formula is C15H18N4O2. The number of Topliss-reactive ketones (excluding diaryl/α,β-unsaturated/α-hetero) is 1. The van der Waals surface area contributed by atoms with Gasteiger partial charge >= 0.3 is 6.03 Å². The van der Waals surface area contributed by atoms with Gasteiger partial charge in [0.1, 0.15) is 5.54 Å². The van der Waals surface area contributed by atoms with E-state index in [-0.39, 0.29) is 12.3 Å². The zero-order valence-corrected chi connectivity index (χ0v) is 11.9. The standard InChI is InChI=1S/C15H18N4O2/c1-3-7-17-14(21)19-15(6-8-16-10-15)13(20)12-5-4-11(2)18-9-12/h1,4-5,9,16H,6-8,10H2,2H3,(H2,17,19,21)/t15-/m1/s1. The molecular weight excluding hydrogens is 268 g/mol. The van der Waals surface area contributed by atoms with Crippen LogP contribution in [-0.4, -0.2) is 42.0 Å². The Morgan fingerprint density at radius 1 is 1.52 bits per heavy atom. The summed E-state index contributed by atoms with van der Waals surface area (Å²) in [5.74, 6) is 2.18. The molecule has 0 bridgehead atoms. The van der Waals surface area contributed by atoms with Crippen LogP contribution in [0.5, 0.6) is 0 Å². The van der Waals surface area contributed by atoms with E-state index in [1.54, 1.807) is 18.3 Å². The summed E-state index contributed by atoms with van der Waals surface area (Å²) in [7, 11) is 0. The van der Waals surface area contributed by atoms with Gasteiger partial charge < -0.3 is 16.0 Å². The Morgan fingerprint density at radius 3 is 2.90 bits per heavy atom. The van der Waals surface area contributed by atoms with Crippen LogP contribution in [0.4, 0.5) is 4.79 Å². The quantitative estimate of drug-likeness (QED) is 0.547. The number of nitrogens with zero attached hydrogens (tertiary/aromatic N) is 1. The number of carbonyl (C=O) groups excluding carboxylic acids is 2. The van der Waals surface area contributed by atoms with Crippen molar-refractivity contribution >= 4 is 11.8 Å². The minimum Gasteiger partial charge on any atom is -0.327 e. The van der Waals surface area contributed by atoms with Crippen LogP contribution >= 0.6 is 0 Å². The number of amides is 2. The van der Waals surface area contributed by atoms with Crippen LogP contribution in [0.3, 0.4) is 0 Å². The highest BCUT2D eigenvalue weighted by Crippen LogP contribution is 2.20. The molecule has 2 amide bonds. The Morgan fingerprint density at radius 2 is 2.33 bits per heavy atom. The molecule has 21 heavy (non-hydrogen) atoms. The minimum atomic E-state index is -0.949. The number of urea groups is 1. The van der Waals surface area contributed by atoms with Gasteiger partial charge in [-0.15, -0.1) is 6.42 Å². The Bertz CT molecular complexity index is 568. The number of hydrogen-bond acceptors (Lipinski definition) is 4. The third kappa shape index (κ3) is 3.38. The summed E-state index contributed by atoms with van der Waals surface area (Å²) in [5, 5.41) is 8.38. The van der Waals surface area contributed by atoms with E-state index in [1.807, 2.05) is 6.92 Å². The number of terminal acetylenes is 1. The third-order valence-electron chi connectivity index (χ3n) is 3.47. The number of aryl methyl sites for hydroxylation is 1. The van der Waals surface area contributed by atoms with Gasteiger partial charge in [0.05, 0.1) is 6.54 Å². The molecule has 2 rings (SSSR count). The summed E-state index contributed by atoms with van der Waals surface area (Å²) in [6.45, 7) is 3.03. The van der Waals surface area contributed by atoms with E-state index in [2.05, 4.69) is 26.9 Å². The van der Waals surface area contributed by atoms with Crippen molar-refractivity contribution in [2.45, 2.75) is 18.9 Å². The average Bonchev–Trinajstić information content (AvgIpc) is 2.95. The first kappa shape index (κ1) is 15.0. The molecule has 3 N–H and O–H groups in total. The highest BCUT2D eigenvalue weighted by Gasteiger charge is 2.42. The zero-order chi connectivity index (χ0) is 15.3. The monoisotopic (exact) mass is 286 g/mol. The summed E-state index contributed by atoms with van der Waals surface area (Å²) in [6, 6.07) is 3.07. The molecule has 1 aromatic heterocycles. The predicted molar refractivity (Wildman–Crippen MR) is 78.9 cm³/mol. The minimum absolute atomic E-state index is 0.121. The smallest absolute Gasteiger partial charge is 0.316 e. The Balaban J connectivity index is 2.17. The summed E-state index contributed by atoms with van der Waals surface area (Å²) in [4.78, 5) is 28.7. The van der Waals surface area contributed by atoms with Crippen molar-refractivity contribution in [3.63, 3.8) is 0 Å². The molecule has 110 valence electrons. The first-order valence-electron chi connectivity index (χ1n) is 6.75. The van der Waals surface area contributed by atoms with E-state index >= 15 is 0 Å². The molecule has 6 nitrogen and oxygen atoms in total. The van der Waals surface area contributed by atoms with Crippen molar-refractivity contribution in [2.24, 2.45) is 0 Å². The lowest BCUT2D eigenvalue weighted by molar-refractivity contribution is 0.0873. The number of nitrogens with one attached hydrogen (secondary N) is 3. The van der Waals surface area contributed by atoms with Gasteiger partial charge in [-0.05, 0) is 32.0 Å². The molecule has 0 unspecified atom stereocenters. The molecule has 0 radical (unpaired) electrons. The molecule has 0 saturated carbocycles. The SMILES string of the molecule is C#CCNC(=O)N[C@]1(C(=O)c2ccc(C)nc2)CCNC1. The van der Waals surface area contributed by atoms with Crippen molar-refractivity contribution in [3.8, 4) is 12.3 Å². The van der Waals surface area contributed by atoms with E-state index < -0.39 is 11.6 Å². The zero-order valence-electron chi connectivity index (χ0n) is 11.9. The molecule has 1 aliphatic rings. The Labute approximate surface area is 123 Å². The van der Waals surface area contributed by atoms with Crippen molar-refractivity contribution in [2.75, 3.05) is 19.6 Å². The normalized spacial score (nSPS) is 20.6. The van der Waals surface area contributed by atoms with E-state index in [9.17, 15) is 9.59 Å². The number of ketones is 1. The lowest BCUT2D eigenvalue weighted by Gasteiger charge is -2.28. The molecule has 1 saturated heterocycles. The van der Waals surface area contributed by atoms with E-state index in [1.165, 1.54) is 0 Å². The van der Waals surface area contributed by atoms with Crippen molar-refractivity contribution in [3.05, 3.63) is 29.6 Å². The second-order valence-corrected chi connectivity index (χ2v) is 5.04. The van der Waals surface area contributed by atoms with Gasteiger partial charge in [-0.1, -0.05) is 5.92 Å². The van der Waals surface area contributed by atoms with Gasteiger partial charge in [0.15, 0.2) is 5.78 Å². The number of pyridine rings is 1. The van der Waals surface area contributed by atoms with Crippen LogP contribution in [0.2, 0.25) is 0 Å². The van der Waals surface area contributed by atoms with Gasteiger partial charge in [-0.3, -0.25) is 9.78 Å². The lowest BCUT2D eigenvalue weighted by atomic mass is 9.89. The van der Waals surface area contributed by atoms with Crippen molar-refractivity contribution in [1.82, 2.24) is 20.9 Å². The van der Waals surface area contributed by atoms with Gasteiger partial charge in [0.25, 0.3) is 0 Å². The van der Waals surface area contributed by atoms with Crippen LogP contribution in [-0.2, 0) is 0 Å². The Kier molecular flexibility index (Phi) is 4.55. The second kappa shape index (κ2) is 6.37. The molecule has 6 heteroatoms. The number of rotatable bonds is 4. The molecule has 0 aromatic carbocycles. The molecule has 1 fully saturated rings. The largest absolute Gasteiger partial charge is 0.327 e. The number of aromatic nitrogens is 1. The molecule has 1 aromatic rings. The fourth-order valence-electron chi connectivity index (χ4n) is 2.32. The van der Waals surface area contributed by atoms with E-state index in [4.69, 9.17) is 6.42 Å². The summed E-state index contributed by atoms with van der Waals surface area (Å²) in [6.07, 6.45) is 7.17. The van der Waals surface area contributed by atoms with E-state index in [0.29, 0.717) is 25.1 Å². The maximum Gasteiger partial charge on any atom is 0.316 e. The first-order valence-corrected chi connectivity index (χ1v) is 6.75. The average molecular weight is 286 g/mol. The molecule has 0 spiro atoms. The third-order valence-corrected chi connectivity index (χ3v) is 3.47. The molecule has 2 heterocycles. The maximum atomic E-state index is 12.7. The number of hydrogen-bond donors (Lipinski definition) is 3. The van der Waals surface area contributed by atoms with Gasteiger partial charge in [0.2, 0.25) is 0 Å². The van der Waals surface area contributed by atoms with Crippen LogP contribution < -0.4 is 16.0 Å². The number of carbonyl (C=O) groups is 2. The van der Waals surface area contributed by atoms with Crippen LogP contribution in [0.1, 0.15) is 22.5 Å². The lowest BCUT2D eigenvalue weighted by Crippen LogP contribution is -2.58. The van der Waals surface area contributed by atoms with Gasteiger partial charge in [-0.25, -0.2) is 4.79 Å². The second-order valence-electron chi connectivity index (χ2n) is 5.04. The van der Waals surface area contributed by atoms with E-state index in [0.717, 1.165) is 5.69 Å². The summed E-state index contributed by atoms with van der Waals surface area (Å²) < 4.78 is 0. The molecule has 0 aliphatic carbocycles. The predicted octanol–water partition coefficient (Wildman–Crippen LogP) is 0.237. The highest BCUT2D eigenvalue weighted by molar-refractivity contribution is 6.05. The topological polar surface area (TPSA) is 83.1 Å². The summed E-state index contributed by atoms with van der Waals surface area (Å²) in [5.41, 5.74) is 0.377. The highest BCUT2D eigenvalue weighted by atomic mass is 16.2. The Hall–Kier alpha value is -2.39. The van der Waals surface area contributed by atoms with Crippen LogP contribution in [0.25, 0.3) is 0 Å². The fourth-order valence-corrected chi connectivity index (χ4v) is 2.32. The van der Waals surface area contributed by atoms with Gasteiger partial charge in [-0.2, -0.15) is 0 Å². The molecule has 1 aliphatic heterocycles. The first-order chi connectivity index (χ1) is 10.1.